The summed E-state index contributed by atoms with van der Waals surface area (Å²) in [6, 6.07) is 5.57. The van der Waals surface area contributed by atoms with Crippen LogP contribution in [0.5, 0.6) is 0 Å². The highest BCUT2D eigenvalue weighted by atomic mass is 16.5. The largest absolute Gasteiger partial charge is 0.462 e. The molecule has 1 saturated carbocycles. The van der Waals surface area contributed by atoms with Crippen molar-refractivity contribution in [3.63, 3.8) is 0 Å². The molecule has 1 aliphatic heterocycles. The van der Waals surface area contributed by atoms with Gasteiger partial charge in [-0.1, -0.05) is 6.42 Å². The number of esters is 1. The van der Waals surface area contributed by atoms with Crippen molar-refractivity contribution in [2.45, 2.75) is 26.2 Å². The van der Waals surface area contributed by atoms with E-state index in [1.807, 2.05) is 19.1 Å². The second kappa shape index (κ2) is 5.35. The third kappa shape index (κ3) is 2.35. The number of rotatable bonds is 3. The number of fused-ring (bicyclic) bond motifs is 1. The van der Waals surface area contributed by atoms with Gasteiger partial charge in [0.2, 0.25) is 0 Å². The fourth-order valence-corrected chi connectivity index (χ4v) is 3.63. The lowest BCUT2D eigenvalue weighted by Gasteiger charge is -2.22. The molecule has 0 bridgehead atoms. The van der Waals surface area contributed by atoms with E-state index >= 15 is 0 Å². The molecule has 20 heavy (non-hydrogen) atoms. The Morgan fingerprint density at radius 3 is 2.70 bits per heavy atom. The molecule has 4 heteroatoms. The quantitative estimate of drug-likeness (QED) is 0.680. The van der Waals surface area contributed by atoms with Gasteiger partial charge in [0, 0.05) is 18.8 Å². The number of hydrogen-bond acceptors (Lipinski definition) is 4. The van der Waals surface area contributed by atoms with Crippen LogP contribution >= 0.6 is 0 Å². The standard InChI is InChI=1S/C16H22N2O2/c1-2-20-16(19)14-8-13(17)6-7-15(14)18-9-11-4-3-5-12(11)10-18/h6-8,11-12H,2-5,9-10,17H2,1H3. The Morgan fingerprint density at radius 2 is 2.05 bits per heavy atom. The molecule has 1 aromatic carbocycles. The number of carbonyl (C=O) groups is 1. The van der Waals surface area contributed by atoms with E-state index in [1.165, 1.54) is 19.3 Å². The van der Waals surface area contributed by atoms with Crippen LogP contribution in [0, 0.1) is 11.8 Å². The molecule has 4 nitrogen and oxygen atoms in total. The molecule has 1 saturated heterocycles. The highest BCUT2D eigenvalue weighted by Crippen LogP contribution is 2.40. The molecule has 1 heterocycles. The van der Waals surface area contributed by atoms with Gasteiger partial charge in [0.15, 0.2) is 0 Å². The molecule has 3 rings (SSSR count). The van der Waals surface area contributed by atoms with Gasteiger partial charge in [0.25, 0.3) is 0 Å². The lowest BCUT2D eigenvalue weighted by Crippen LogP contribution is -2.23. The van der Waals surface area contributed by atoms with Gasteiger partial charge in [-0.05, 0) is 49.8 Å². The van der Waals surface area contributed by atoms with Crippen molar-refractivity contribution in [1.82, 2.24) is 0 Å². The van der Waals surface area contributed by atoms with Gasteiger partial charge in [0.05, 0.1) is 17.9 Å². The summed E-state index contributed by atoms with van der Waals surface area (Å²) in [6.45, 7) is 4.32. The van der Waals surface area contributed by atoms with Crippen molar-refractivity contribution >= 4 is 17.3 Å². The molecule has 1 aliphatic carbocycles. The monoisotopic (exact) mass is 274 g/mol. The number of anilines is 2. The molecule has 0 spiro atoms. The number of nitrogens with zero attached hydrogens (tertiary/aromatic N) is 1. The van der Waals surface area contributed by atoms with Crippen molar-refractivity contribution in [2.24, 2.45) is 11.8 Å². The van der Waals surface area contributed by atoms with Crippen LogP contribution in [0.2, 0.25) is 0 Å². The zero-order valence-corrected chi connectivity index (χ0v) is 12.0. The predicted octanol–water partition coefficient (Wildman–Crippen LogP) is 2.68. The van der Waals surface area contributed by atoms with Gasteiger partial charge in [-0.15, -0.1) is 0 Å². The van der Waals surface area contributed by atoms with E-state index in [2.05, 4.69) is 4.90 Å². The fraction of sp³-hybridized carbons (Fsp3) is 0.562. The van der Waals surface area contributed by atoms with Crippen molar-refractivity contribution in [2.75, 3.05) is 30.3 Å². The first-order valence-corrected chi connectivity index (χ1v) is 7.50. The van der Waals surface area contributed by atoms with Crippen LogP contribution in [0.1, 0.15) is 36.5 Å². The van der Waals surface area contributed by atoms with Crippen LogP contribution in [0.4, 0.5) is 11.4 Å². The SMILES string of the molecule is CCOC(=O)c1cc(N)ccc1N1CC2CCCC2C1. The van der Waals surface area contributed by atoms with E-state index < -0.39 is 0 Å². The first kappa shape index (κ1) is 13.3. The summed E-state index contributed by atoms with van der Waals surface area (Å²) >= 11 is 0. The number of carbonyl (C=O) groups excluding carboxylic acids is 1. The second-order valence-corrected chi connectivity index (χ2v) is 5.85. The van der Waals surface area contributed by atoms with Crippen molar-refractivity contribution < 1.29 is 9.53 Å². The number of ether oxygens (including phenoxy) is 1. The van der Waals surface area contributed by atoms with E-state index in [1.54, 1.807) is 6.07 Å². The molecule has 2 fully saturated rings. The van der Waals surface area contributed by atoms with E-state index in [-0.39, 0.29) is 5.97 Å². The molecular weight excluding hydrogens is 252 g/mol. The molecule has 0 aromatic heterocycles. The van der Waals surface area contributed by atoms with E-state index in [4.69, 9.17) is 10.5 Å². The summed E-state index contributed by atoms with van der Waals surface area (Å²) in [4.78, 5) is 14.5. The topological polar surface area (TPSA) is 55.6 Å². The predicted molar refractivity (Wildman–Crippen MR) is 79.9 cm³/mol. The van der Waals surface area contributed by atoms with Gasteiger partial charge in [0.1, 0.15) is 0 Å². The van der Waals surface area contributed by atoms with Crippen LogP contribution in [-0.4, -0.2) is 25.7 Å². The highest BCUT2D eigenvalue weighted by molar-refractivity contribution is 5.97. The first-order valence-electron chi connectivity index (χ1n) is 7.50. The van der Waals surface area contributed by atoms with E-state index in [9.17, 15) is 4.79 Å². The van der Waals surface area contributed by atoms with Crippen LogP contribution in [-0.2, 0) is 4.74 Å². The van der Waals surface area contributed by atoms with Crippen molar-refractivity contribution in [3.8, 4) is 0 Å². The maximum Gasteiger partial charge on any atom is 0.340 e. The summed E-state index contributed by atoms with van der Waals surface area (Å²) in [5, 5.41) is 0. The van der Waals surface area contributed by atoms with Crippen LogP contribution in [0.25, 0.3) is 0 Å². The molecule has 2 aliphatic rings. The highest BCUT2D eigenvalue weighted by Gasteiger charge is 2.37. The summed E-state index contributed by atoms with van der Waals surface area (Å²) < 4.78 is 5.16. The normalized spacial score (nSPS) is 24.8. The van der Waals surface area contributed by atoms with Crippen molar-refractivity contribution in [1.29, 1.82) is 0 Å². The number of hydrogen-bond donors (Lipinski definition) is 1. The zero-order chi connectivity index (χ0) is 14.1. The minimum Gasteiger partial charge on any atom is -0.462 e. The van der Waals surface area contributed by atoms with E-state index in [0.717, 1.165) is 30.6 Å². The third-order valence-corrected chi connectivity index (χ3v) is 4.58. The minimum absolute atomic E-state index is 0.271. The van der Waals surface area contributed by atoms with Gasteiger partial charge in [-0.2, -0.15) is 0 Å². The first-order chi connectivity index (χ1) is 9.69. The van der Waals surface area contributed by atoms with Crippen LogP contribution < -0.4 is 10.6 Å². The minimum atomic E-state index is -0.271. The maximum atomic E-state index is 12.1. The Balaban J connectivity index is 1.87. The molecule has 0 amide bonds. The lowest BCUT2D eigenvalue weighted by molar-refractivity contribution is 0.0527. The third-order valence-electron chi connectivity index (χ3n) is 4.58. The van der Waals surface area contributed by atoms with Gasteiger partial charge >= 0.3 is 5.97 Å². The summed E-state index contributed by atoms with van der Waals surface area (Å²) in [7, 11) is 0. The average molecular weight is 274 g/mol. The molecule has 0 radical (unpaired) electrons. The fourth-order valence-electron chi connectivity index (χ4n) is 3.63. The number of nitrogen functional groups attached to an aromatic ring is 1. The Morgan fingerprint density at radius 1 is 1.35 bits per heavy atom. The number of benzene rings is 1. The van der Waals surface area contributed by atoms with Gasteiger partial charge in [-0.25, -0.2) is 4.79 Å². The Kier molecular flexibility index (Phi) is 3.55. The summed E-state index contributed by atoms with van der Waals surface area (Å²) in [6.07, 6.45) is 4.01. The summed E-state index contributed by atoms with van der Waals surface area (Å²) in [5.74, 6) is 1.32. The lowest BCUT2D eigenvalue weighted by atomic mass is 10.0. The van der Waals surface area contributed by atoms with Gasteiger partial charge < -0.3 is 15.4 Å². The zero-order valence-electron chi connectivity index (χ0n) is 12.0. The van der Waals surface area contributed by atoms with Crippen LogP contribution in [0.15, 0.2) is 18.2 Å². The molecule has 1 aromatic rings. The number of nitrogens with two attached hydrogens (primary N) is 1. The Hall–Kier alpha value is -1.71. The molecule has 2 N–H and O–H groups in total. The molecule has 108 valence electrons. The second-order valence-electron chi connectivity index (χ2n) is 5.85. The maximum absolute atomic E-state index is 12.1. The van der Waals surface area contributed by atoms with Crippen molar-refractivity contribution in [3.05, 3.63) is 23.8 Å². The smallest absolute Gasteiger partial charge is 0.340 e. The molecule has 2 atom stereocenters. The Bertz CT molecular complexity index is 503. The van der Waals surface area contributed by atoms with Gasteiger partial charge in [-0.3, -0.25) is 0 Å². The Labute approximate surface area is 119 Å². The summed E-state index contributed by atoms with van der Waals surface area (Å²) in [5.41, 5.74) is 8.02. The molecule has 2 unspecified atom stereocenters. The average Bonchev–Trinajstić information content (AvgIpc) is 2.99. The van der Waals surface area contributed by atoms with Crippen LogP contribution in [0.3, 0.4) is 0 Å². The molecular formula is C16H22N2O2. The van der Waals surface area contributed by atoms with E-state index in [0.29, 0.717) is 17.9 Å².